The Kier molecular flexibility index (Phi) is 11.0. The number of carbonyl (C=O) groups excluding carboxylic acids is 1. The molecule has 1 atom stereocenters. The van der Waals surface area contributed by atoms with E-state index in [2.05, 4.69) is 52.0 Å². The molecule has 1 unspecified atom stereocenters. The highest BCUT2D eigenvalue weighted by atomic mass is 127. The molecule has 1 fully saturated rings. The maximum absolute atomic E-state index is 12.2. The molecule has 2 aromatic rings. The molecule has 32 heavy (non-hydrogen) atoms. The second kappa shape index (κ2) is 13.4. The van der Waals surface area contributed by atoms with E-state index in [9.17, 15) is 4.79 Å². The van der Waals surface area contributed by atoms with E-state index in [1.54, 1.807) is 7.05 Å². The van der Waals surface area contributed by atoms with Gasteiger partial charge in [-0.2, -0.15) is 0 Å². The zero-order valence-electron chi connectivity index (χ0n) is 19.2. The van der Waals surface area contributed by atoms with Crippen molar-refractivity contribution in [1.29, 1.82) is 0 Å². The van der Waals surface area contributed by atoms with E-state index in [-0.39, 0.29) is 41.8 Å². The van der Waals surface area contributed by atoms with Crippen LogP contribution in [0.4, 0.5) is 0 Å². The van der Waals surface area contributed by atoms with Gasteiger partial charge in [0.05, 0.1) is 13.2 Å². The number of halogens is 1. The van der Waals surface area contributed by atoms with Crippen molar-refractivity contribution in [2.45, 2.75) is 46.1 Å². The normalized spacial score (nSPS) is 16.1. The molecule has 1 amide bonds. The van der Waals surface area contributed by atoms with Crippen LogP contribution in [0.3, 0.4) is 0 Å². The van der Waals surface area contributed by atoms with Crippen LogP contribution in [-0.4, -0.2) is 42.9 Å². The molecule has 0 bridgehead atoms. The summed E-state index contributed by atoms with van der Waals surface area (Å²) in [5, 5.41) is 6.83. The van der Waals surface area contributed by atoms with Crippen LogP contribution in [0.5, 0.6) is 0 Å². The lowest BCUT2D eigenvalue weighted by atomic mass is 10.1. The molecule has 1 aliphatic heterocycles. The monoisotopic (exact) mass is 550 g/mol. The van der Waals surface area contributed by atoms with Gasteiger partial charge in [-0.25, -0.2) is 0 Å². The van der Waals surface area contributed by atoms with Gasteiger partial charge in [0.2, 0.25) is 5.91 Å². The number of nitrogens with zero attached hydrogens (tertiary/aromatic N) is 2. The van der Waals surface area contributed by atoms with E-state index < -0.39 is 0 Å². The number of aliphatic imine (C=N–C) groups is 1. The highest BCUT2D eigenvalue weighted by Gasteiger charge is 2.27. The number of hydrogen-bond acceptors (Lipinski definition) is 3. The summed E-state index contributed by atoms with van der Waals surface area (Å²) in [6.45, 7) is 7.29. The minimum Gasteiger partial charge on any atom is -0.372 e. The van der Waals surface area contributed by atoms with Crippen LogP contribution in [0.15, 0.2) is 59.6 Å². The van der Waals surface area contributed by atoms with Crippen LogP contribution in [-0.2, 0) is 29.3 Å². The summed E-state index contributed by atoms with van der Waals surface area (Å²) in [5.74, 6) is 1.02. The third kappa shape index (κ3) is 8.09. The SMILES string of the molecule is CN=C(NCc1cccc(COCc2ccccc2)c1)NC1CCN(C(=O)C(C)C)C1.I. The molecular weight excluding hydrogens is 515 g/mol. The summed E-state index contributed by atoms with van der Waals surface area (Å²) in [4.78, 5) is 18.5. The Bertz CT molecular complexity index is 873. The molecule has 0 aromatic heterocycles. The lowest BCUT2D eigenvalue weighted by Crippen LogP contribution is -2.45. The van der Waals surface area contributed by atoms with Gasteiger partial charge in [-0.15, -0.1) is 24.0 Å². The van der Waals surface area contributed by atoms with E-state index in [1.165, 1.54) is 11.1 Å². The molecule has 1 saturated heterocycles. The highest BCUT2D eigenvalue weighted by molar-refractivity contribution is 14.0. The molecule has 7 heteroatoms. The first-order chi connectivity index (χ1) is 15.0. The minimum absolute atomic E-state index is 0. The van der Waals surface area contributed by atoms with E-state index in [0.29, 0.717) is 19.8 Å². The van der Waals surface area contributed by atoms with Gasteiger partial charge >= 0.3 is 0 Å². The van der Waals surface area contributed by atoms with Crippen molar-refractivity contribution in [2.24, 2.45) is 10.9 Å². The third-order valence-electron chi connectivity index (χ3n) is 5.39. The van der Waals surface area contributed by atoms with Crippen LogP contribution < -0.4 is 10.6 Å². The Morgan fingerprint density at radius 2 is 1.78 bits per heavy atom. The molecule has 6 nitrogen and oxygen atoms in total. The van der Waals surface area contributed by atoms with Gasteiger partial charge < -0.3 is 20.3 Å². The van der Waals surface area contributed by atoms with Crippen LogP contribution in [0, 0.1) is 5.92 Å². The standard InChI is InChI=1S/C25H34N4O2.HI/c1-19(2)24(30)29-13-12-23(16-29)28-25(26-3)27-15-21-10-7-11-22(14-21)18-31-17-20-8-5-4-6-9-20;/h4-11,14,19,23H,12-13,15-18H2,1-3H3,(H2,26,27,28);1H. The number of rotatable bonds is 8. The number of hydrogen-bond donors (Lipinski definition) is 2. The summed E-state index contributed by atoms with van der Waals surface area (Å²) in [5.41, 5.74) is 3.50. The number of guanidine groups is 1. The lowest BCUT2D eigenvalue weighted by Gasteiger charge is -2.20. The van der Waals surface area contributed by atoms with Crippen molar-refractivity contribution < 1.29 is 9.53 Å². The Morgan fingerprint density at radius 3 is 2.50 bits per heavy atom. The average molecular weight is 550 g/mol. The number of likely N-dealkylation sites (tertiary alicyclic amines) is 1. The Labute approximate surface area is 208 Å². The van der Waals surface area contributed by atoms with Crippen molar-refractivity contribution in [3.05, 3.63) is 71.3 Å². The maximum atomic E-state index is 12.2. The average Bonchev–Trinajstić information content (AvgIpc) is 3.25. The Balaban J connectivity index is 0.00000363. The summed E-state index contributed by atoms with van der Waals surface area (Å²) in [7, 11) is 1.77. The van der Waals surface area contributed by atoms with Gasteiger partial charge in [0.25, 0.3) is 0 Å². The topological polar surface area (TPSA) is 66.0 Å². The van der Waals surface area contributed by atoms with Crippen molar-refractivity contribution in [3.63, 3.8) is 0 Å². The summed E-state index contributed by atoms with van der Waals surface area (Å²) in [6, 6.07) is 18.8. The molecule has 2 N–H and O–H groups in total. The largest absolute Gasteiger partial charge is 0.372 e. The molecule has 0 aliphatic carbocycles. The van der Waals surface area contributed by atoms with Gasteiger partial charge in [0, 0.05) is 38.6 Å². The van der Waals surface area contributed by atoms with Crippen molar-refractivity contribution in [1.82, 2.24) is 15.5 Å². The number of nitrogens with one attached hydrogen (secondary N) is 2. The fourth-order valence-electron chi connectivity index (χ4n) is 3.71. The first-order valence-corrected chi connectivity index (χ1v) is 11.0. The minimum atomic E-state index is 0. The summed E-state index contributed by atoms with van der Waals surface area (Å²) in [6.07, 6.45) is 0.938. The predicted octanol–water partition coefficient (Wildman–Crippen LogP) is 3.94. The maximum Gasteiger partial charge on any atom is 0.225 e. The lowest BCUT2D eigenvalue weighted by molar-refractivity contribution is -0.133. The molecular formula is C25H35IN4O2. The summed E-state index contributed by atoms with van der Waals surface area (Å²) >= 11 is 0. The predicted molar refractivity (Wildman–Crippen MR) is 140 cm³/mol. The van der Waals surface area contributed by atoms with E-state index in [4.69, 9.17) is 4.74 Å². The van der Waals surface area contributed by atoms with Crippen LogP contribution in [0.1, 0.15) is 37.0 Å². The molecule has 1 heterocycles. The number of carbonyl (C=O) groups is 1. The zero-order valence-corrected chi connectivity index (χ0v) is 21.5. The fraction of sp³-hybridized carbons (Fsp3) is 0.440. The number of benzene rings is 2. The molecule has 0 radical (unpaired) electrons. The third-order valence-corrected chi connectivity index (χ3v) is 5.39. The quantitative estimate of drug-likeness (QED) is 0.297. The van der Waals surface area contributed by atoms with Crippen LogP contribution >= 0.6 is 24.0 Å². The van der Waals surface area contributed by atoms with Crippen molar-refractivity contribution in [2.75, 3.05) is 20.1 Å². The highest BCUT2D eigenvalue weighted by Crippen LogP contribution is 2.13. The van der Waals surface area contributed by atoms with Gasteiger partial charge in [0.15, 0.2) is 5.96 Å². The number of ether oxygens (including phenoxy) is 1. The molecule has 0 saturated carbocycles. The second-order valence-corrected chi connectivity index (χ2v) is 8.29. The van der Waals surface area contributed by atoms with Gasteiger partial charge in [-0.05, 0) is 23.1 Å². The molecule has 174 valence electrons. The second-order valence-electron chi connectivity index (χ2n) is 8.29. The van der Waals surface area contributed by atoms with E-state index in [0.717, 1.165) is 31.0 Å². The first kappa shape index (κ1) is 26.1. The Morgan fingerprint density at radius 1 is 1.09 bits per heavy atom. The van der Waals surface area contributed by atoms with E-state index in [1.807, 2.05) is 36.9 Å². The smallest absolute Gasteiger partial charge is 0.225 e. The Hall–Kier alpha value is -2.13. The van der Waals surface area contributed by atoms with Crippen molar-refractivity contribution >= 4 is 35.8 Å². The van der Waals surface area contributed by atoms with E-state index >= 15 is 0 Å². The van der Waals surface area contributed by atoms with Crippen LogP contribution in [0.25, 0.3) is 0 Å². The molecule has 0 spiro atoms. The first-order valence-electron chi connectivity index (χ1n) is 11.0. The van der Waals surface area contributed by atoms with Crippen LogP contribution in [0.2, 0.25) is 0 Å². The summed E-state index contributed by atoms with van der Waals surface area (Å²) < 4.78 is 5.85. The zero-order chi connectivity index (χ0) is 22.1. The molecule has 3 rings (SSSR count). The van der Waals surface area contributed by atoms with Gasteiger partial charge in [-0.1, -0.05) is 68.4 Å². The van der Waals surface area contributed by atoms with Gasteiger partial charge in [-0.3, -0.25) is 9.79 Å². The molecule has 2 aromatic carbocycles. The van der Waals surface area contributed by atoms with Crippen molar-refractivity contribution in [3.8, 4) is 0 Å². The molecule has 1 aliphatic rings. The fourth-order valence-corrected chi connectivity index (χ4v) is 3.71. The van der Waals surface area contributed by atoms with Gasteiger partial charge in [0.1, 0.15) is 0 Å². The number of amides is 1.